The fourth-order valence-electron chi connectivity index (χ4n) is 2.47. The van der Waals surface area contributed by atoms with E-state index in [-0.39, 0.29) is 18.0 Å². The molecule has 2 atom stereocenters. The smallest absolute Gasteiger partial charge is 0.312 e. The molecule has 2 heterocycles. The topological polar surface area (TPSA) is 40.6 Å². The standard InChI is InChI=1S/C11H18N2O2/c1-3-4-6-13-10(14)9-8(2)5-7-12(9)11(13)15/h8-9H,3-7H2,1-2H3. The van der Waals surface area contributed by atoms with Crippen LogP contribution in [0.5, 0.6) is 0 Å². The number of urea groups is 1. The first kappa shape index (κ1) is 10.5. The van der Waals surface area contributed by atoms with E-state index in [1.807, 2.05) is 0 Å². The van der Waals surface area contributed by atoms with Crippen LogP contribution in [0.2, 0.25) is 0 Å². The Morgan fingerprint density at radius 2 is 2.13 bits per heavy atom. The summed E-state index contributed by atoms with van der Waals surface area (Å²) >= 11 is 0. The van der Waals surface area contributed by atoms with Crippen LogP contribution in [0.4, 0.5) is 4.79 Å². The van der Waals surface area contributed by atoms with Crippen LogP contribution in [-0.4, -0.2) is 40.9 Å². The number of rotatable bonds is 3. The summed E-state index contributed by atoms with van der Waals surface area (Å²) in [6.45, 7) is 5.46. The van der Waals surface area contributed by atoms with Gasteiger partial charge in [0.15, 0.2) is 0 Å². The maximum Gasteiger partial charge on any atom is 0.327 e. The average molecular weight is 210 g/mol. The summed E-state index contributed by atoms with van der Waals surface area (Å²) in [6, 6.07) is -0.225. The van der Waals surface area contributed by atoms with Crippen LogP contribution in [0.1, 0.15) is 33.1 Å². The van der Waals surface area contributed by atoms with E-state index in [0.29, 0.717) is 12.5 Å². The zero-order chi connectivity index (χ0) is 11.0. The monoisotopic (exact) mass is 210 g/mol. The van der Waals surface area contributed by atoms with Gasteiger partial charge in [0.1, 0.15) is 6.04 Å². The molecule has 0 aromatic carbocycles. The highest BCUT2D eigenvalue weighted by molar-refractivity contribution is 6.04. The molecule has 2 rings (SSSR count). The predicted molar refractivity (Wildman–Crippen MR) is 56.3 cm³/mol. The van der Waals surface area contributed by atoms with E-state index in [1.54, 1.807) is 4.90 Å². The van der Waals surface area contributed by atoms with Crippen molar-refractivity contribution in [3.05, 3.63) is 0 Å². The van der Waals surface area contributed by atoms with Gasteiger partial charge >= 0.3 is 6.03 Å². The van der Waals surface area contributed by atoms with E-state index in [0.717, 1.165) is 25.8 Å². The number of imide groups is 1. The molecule has 2 unspecified atom stereocenters. The second kappa shape index (κ2) is 3.83. The van der Waals surface area contributed by atoms with Crippen LogP contribution in [0.25, 0.3) is 0 Å². The third-order valence-electron chi connectivity index (χ3n) is 3.43. The van der Waals surface area contributed by atoms with Crippen molar-refractivity contribution in [2.24, 2.45) is 5.92 Å². The van der Waals surface area contributed by atoms with E-state index in [1.165, 1.54) is 4.90 Å². The number of hydrogen-bond acceptors (Lipinski definition) is 2. The molecule has 2 aliphatic heterocycles. The number of carbonyl (C=O) groups is 2. The fourth-order valence-corrected chi connectivity index (χ4v) is 2.47. The molecule has 0 spiro atoms. The van der Waals surface area contributed by atoms with Crippen molar-refractivity contribution in [2.75, 3.05) is 13.1 Å². The molecule has 0 aromatic heterocycles. The highest BCUT2D eigenvalue weighted by Crippen LogP contribution is 2.31. The lowest BCUT2D eigenvalue weighted by Crippen LogP contribution is -2.34. The highest BCUT2D eigenvalue weighted by Gasteiger charge is 2.50. The minimum atomic E-state index is -0.158. The van der Waals surface area contributed by atoms with Crippen LogP contribution < -0.4 is 0 Å². The van der Waals surface area contributed by atoms with Crippen molar-refractivity contribution in [1.82, 2.24) is 9.80 Å². The van der Waals surface area contributed by atoms with Gasteiger partial charge in [0.25, 0.3) is 5.91 Å². The molecule has 0 aliphatic carbocycles. The lowest BCUT2D eigenvalue weighted by atomic mass is 10.0. The van der Waals surface area contributed by atoms with Gasteiger partial charge in [0.05, 0.1) is 0 Å². The first-order chi connectivity index (χ1) is 7.16. The zero-order valence-corrected chi connectivity index (χ0v) is 9.40. The lowest BCUT2D eigenvalue weighted by molar-refractivity contribution is -0.128. The molecular formula is C11H18N2O2. The maximum atomic E-state index is 12.0. The van der Waals surface area contributed by atoms with Crippen LogP contribution in [-0.2, 0) is 4.79 Å². The summed E-state index contributed by atoms with van der Waals surface area (Å²) in [5.74, 6) is 0.353. The van der Waals surface area contributed by atoms with Gasteiger partial charge in [0.2, 0.25) is 0 Å². The number of unbranched alkanes of at least 4 members (excludes halogenated alkanes) is 1. The van der Waals surface area contributed by atoms with Gasteiger partial charge in [0, 0.05) is 13.1 Å². The largest absolute Gasteiger partial charge is 0.327 e. The second-order valence-electron chi connectivity index (χ2n) is 4.53. The number of carbonyl (C=O) groups excluding carboxylic acids is 2. The zero-order valence-electron chi connectivity index (χ0n) is 9.40. The van der Waals surface area contributed by atoms with Gasteiger partial charge in [-0.05, 0) is 18.8 Å². The molecule has 3 amide bonds. The van der Waals surface area contributed by atoms with Gasteiger partial charge in [-0.2, -0.15) is 0 Å². The summed E-state index contributed by atoms with van der Waals surface area (Å²) in [4.78, 5) is 27.0. The van der Waals surface area contributed by atoms with Crippen molar-refractivity contribution < 1.29 is 9.59 Å². The maximum absolute atomic E-state index is 12.0. The third kappa shape index (κ3) is 1.52. The van der Waals surface area contributed by atoms with Gasteiger partial charge in [-0.15, -0.1) is 0 Å². The van der Waals surface area contributed by atoms with Crippen LogP contribution in [0.3, 0.4) is 0 Å². The quantitative estimate of drug-likeness (QED) is 0.662. The molecule has 2 aliphatic rings. The van der Waals surface area contributed by atoms with Crippen molar-refractivity contribution in [3.8, 4) is 0 Å². The summed E-state index contributed by atoms with van der Waals surface area (Å²) in [7, 11) is 0. The van der Waals surface area contributed by atoms with Crippen molar-refractivity contribution in [2.45, 2.75) is 39.2 Å². The number of fused-ring (bicyclic) bond motifs is 1. The Kier molecular flexibility index (Phi) is 2.67. The lowest BCUT2D eigenvalue weighted by Gasteiger charge is -2.14. The summed E-state index contributed by atoms with van der Waals surface area (Å²) in [6.07, 6.45) is 2.88. The molecule has 2 saturated heterocycles. The van der Waals surface area contributed by atoms with Crippen LogP contribution in [0, 0.1) is 5.92 Å². The minimum absolute atomic E-state index is 0.0263. The Balaban J connectivity index is 2.11. The number of nitrogens with zero attached hydrogens (tertiary/aromatic N) is 2. The predicted octanol–water partition coefficient (Wildman–Crippen LogP) is 1.46. The van der Waals surface area contributed by atoms with E-state index >= 15 is 0 Å². The molecule has 4 heteroatoms. The number of hydrogen-bond donors (Lipinski definition) is 0. The SMILES string of the molecule is CCCCN1C(=O)C2C(C)CCN2C1=O. The Morgan fingerprint density at radius 3 is 2.73 bits per heavy atom. The Bertz CT molecular complexity index is 290. The number of amides is 3. The highest BCUT2D eigenvalue weighted by atomic mass is 16.2. The first-order valence-electron chi connectivity index (χ1n) is 5.78. The van der Waals surface area contributed by atoms with Gasteiger partial charge < -0.3 is 4.90 Å². The molecule has 0 bridgehead atoms. The molecule has 0 radical (unpaired) electrons. The second-order valence-corrected chi connectivity index (χ2v) is 4.53. The fraction of sp³-hybridized carbons (Fsp3) is 0.818. The molecule has 0 saturated carbocycles. The molecule has 4 nitrogen and oxygen atoms in total. The van der Waals surface area contributed by atoms with Gasteiger partial charge in [-0.1, -0.05) is 20.3 Å². The van der Waals surface area contributed by atoms with Crippen molar-refractivity contribution in [1.29, 1.82) is 0 Å². The summed E-state index contributed by atoms with van der Waals surface area (Å²) < 4.78 is 0. The molecule has 2 fully saturated rings. The van der Waals surface area contributed by atoms with Gasteiger partial charge in [-0.25, -0.2) is 4.79 Å². The molecule has 15 heavy (non-hydrogen) atoms. The Hall–Kier alpha value is -1.06. The van der Waals surface area contributed by atoms with Crippen molar-refractivity contribution in [3.63, 3.8) is 0 Å². The Labute approximate surface area is 90.2 Å². The van der Waals surface area contributed by atoms with Crippen LogP contribution in [0.15, 0.2) is 0 Å². The van der Waals surface area contributed by atoms with E-state index in [4.69, 9.17) is 0 Å². The van der Waals surface area contributed by atoms with Gasteiger partial charge in [-0.3, -0.25) is 9.69 Å². The Morgan fingerprint density at radius 1 is 1.40 bits per heavy atom. The summed E-state index contributed by atoms with van der Waals surface area (Å²) in [5, 5.41) is 0. The molecule has 0 N–H and O–H groups in total. The van der Waals surface area contributed by atoms with E-state index in [9.17, 15) is 9.59 Å². The van der Waals surface area contributed by atoms with Crippen LogP contribution >= 0.6 is 0 Å². The molecular weight excluding hydrogens is 192 g/mol. The summed E-state index contributed by atoms with van der Waals surface area (Å²) in [5.41, 5.74) is 0. The molecule has 84 valence electrons. The third-order valence-corrected chi connectivity index (χ3v) is 3.43. The average Bonchev–Trinajstić information content (AvgIpc) is 2.69. The molecule has 0 aromatic rings. The first-order valence-corrected chi connectivity index (χ1v) is 5.78. The normalized spacial score (nSPS) is 30.3. The van der Waals surface area contributed by atoms with Crippen molar-refractivity contribution >= 4 is 11.9 Å². The van der Waals surface area contributed by atoms with E-state index in [2.05, 4.69) is 13.8 Å². The minimum Gasteiger partial charge on any atom is -0.312 e. The van der Waals surface area contributed by atoms with E-state index < -0.39 is 0 Å².